The Hall–Kier alpha value is -2.92. The average Bonchev–Trinajstić information content (AvgIpc) is 2.97. The van der Waals surface area contributed by atoms with Crippen molar-refractivity contribution in [2.45, 2.75) is 37.1 Å². The average molecular weight is 454 g/mol. The van der Waals surface area contributed by atoms with Gasteiger partial charge >= 0.3 is 5.69 Å². The van der Waals surface area contributed by atoms with Crippen LogP contribution in [0.5, 0.6) is 5.75 Å². The zero-order chi connectivity index (χ0) is 22.3. The molecule has 3 rings (SSSR count). The Morgan fingerprint density at radius 2 is 1.90 bits per heavy atom. The predicted molar refractivity (Wildman–Crippen MR) is 111 cm³/mol. The number of nitrogens with one attached hydrogen (secondary N) is 1. The van der Waals surface area contributed by atoms with Crippen molar-refractivity contribution in [3.63, 3.8) is 0 Å². The van der Waals surface area contributed by atoms with Gasteiger partial charge in [-0.1, -0.05) is 11.6 Å². The van der Waals surface area contributed by atoms with Crippen molar-refractivity contribution in [3.05, 3.63) is 45.8 Å². The number of hydrogen-bond acceptors (Lipinski definition) is 7. The minimum Gasteiger partial charge on any atom is -0.495 e. The zero-order valence-electron chi connectivity index (χ0n) is 16.7. The van der Waals surface area contributed by atoms with Gasteiger partial charge in [0.25, 0.3) is 0 Å². The second-order valence-corrected chi connectivity index (χ2v) is 10.5. The maximum Gasteiger partial charge on any atom is 0.367 e. The first kappa shape index (κ1) is 21.8. The summed E-state index contributed by atoms with van der Waals surface area (Å²) in [7, 11) is -2.33. The number of ether oxygens (including phenoxy) is 1. The van der Waals surface area contributed by atoms with Crippen LogP contribution >= 0.6 is 11.6 Å². The van der Waals surface area contributed by atoms with E-state index in [0.29, 0.717) is 16.5 Å². The van der Waals surface area contributed by atoms with Crippen LogP contribution in [0.1, 0.15) is 20.8 Å². The van der Waals surface area contributed by atoms with E-state index in [-0.39, 0.29) is 10.7 Å². The summed E-state index contributed by atoms with van der Waals surface area (Å²) in [6, 6.07) is 7.33. The predicted octanol–water partition coefficient (Wildman–Crippen LogP) is 1.76. The molecule has 0 saturated carbocycles. The van der Waals surface area contributed by atoms with Crippen LogP contribution in [0.25, 0.3) is 5.65 Å². The molecule has 0 unspecified atom stereocenters. The van der Waals surface area contributed by atoms with Crippen molar-refractivity contribution in [1.82, 2.24) is 19.4 Å². The number of halogens is 1. The number of anilines is 1. The fourth-order valence-electron chi connectivity index (χ4n) is 2.55. The molecule has 1 aromatic carbocycles. The topological polar surface area (TPSA) is 125 Å². The quantitative estimate of drug-likeness (QED) is 0.624. The van der Waals surface area contributed by atoms with E-state index in [0.717, 1.165) is 9.20 Å². The lowest BCUT2D eigenvalue weighted by Gasteiger charge is -2.17. The van der Waals surface area contributed by atoms with E-state index < -0.39 is 32.7 Å². The lowest BCUT2D eigenvalue weighted by Crippen LogP contribution is -2.31. The third-order valence-corrected chi connectivity index (χ3v) is 6.84. The number of carbonyl (C=O) groups excluding carboxylic acids is 1. The molecule has 0 spiro atoms. The van der Waals surface area contributed by atoms with Crippen LogP contribution in [0.2, 0.25) is 5.02 Å². The highest BCUT2D eigenvalue weighted by Gasteiger charge is 2.33. The number of methoxy groups -OCH3 is 1. The summed E-state index contributed by atoms with van der Waals surface area (Å²) in [5.41, 5.74) is -0.251. The molecule has 0 aliphatic carbocycles. The van der Waals surface area contributed by atoms with Gasteiger partial charge in [-0.25, -0.2) is 17.9 Å². The van der Waals surface area contributed by atoms with Gasteiger partial charge in [-0.3, -0.25) is 4.79 Å². The van der Waals surface area contributed by atoms with Crippen molar-refractivity contribution in [2.24, 2.45) is 0 Å². The number of aromatic nitrogens is 4. The standard InChI is InChI=1S/C18H20ClN5O5S/c1-18(2,3)30(27,28)16-8-7-14-21-23(17(26)24(14)22-16)10-15(25)20-12-6-5-11(19)9-13(12)29-4/h5-9H,10H2,1-4H3,(H,20,25). The highest BCUT2D eigenvalue weighted by molar-refractivity contribution is 7.92. The van der Waals surface area contributed by atoms with Crippen molar-refractivity contribution in [1.29, 1.82) is 0 Å². The van der Waals surface area contributed by atoms with Gasteiger partial charge in [-0.15, -0.1) is 10.2 Å². The molecule has 0 bridgehead atoms. The lowest BCUT2D eigenvalue weighted by molar-refractivity contribution is -0.117. The molecule has 0 aliphatic rings. The first-order chi connectivity index (χ1) is 13.9. The van der Waals surface area contributed by atoms with E-state index in [1.54, 1.807) is 12.1 Å². The third kappa shape index (κ3) is 4.03. The molecule has 2 aromatic heterocycles. The van der Waals surface area contributed by atoms with Gasteiger partial charge in [0.1, 0.15) is 12.3 Å². The maximum atomic E-state index is 12.6. The summed E-state index contributed by atoms with van der Waals surface area (Å²) in [6.07, 6.45) is 0. The molecule has 10 nitrogen and oxygen atoms in total. The maximum absolute atomic E-state index is 12.6. The van der Waals surface area contributed by atoms with E-state index in [1.807, 2.05) is 0 Å². The first-order valence-corrected chi connectivity index (χ1v) is 10.6. The number of amides is 1. The van der Waals surface area contributed by atoms with Crippen LogP contribution in [0.3, 0.4) is 0 Å². The molecule has 12 heteroatoms. The van der Waals surface area contributed by atoms with Crippen molar-refractivity contribution in [2.75, 3.05) is 12.4 Å². The molecule has 0 saturated heterocycles. The number of rotatable bonds is 5. The molecule has 0 fully saturated rings. The largest absolute Gasteiger partial charge is 0.495 e. The Labute approximate surface area is 177 Å². The van der Waals surface area contributed by atoms with Gasteiger partial charge < -0.3 is 10.1 Å². The van der Waals surface area contributed by atoms with Crippen LogP contribution in [0.4, 0.5) is 5.69 Å². The number of benzene rings is 1. The molecule has 2 heterocycles. The van der Waals surface area contributed by atoms with E-state index in [9.17, 15) is 18.0 Å². The van der Waals surface area contributed by atoms with Crippen LogP contribution < -0.4 is 15.7 Å². The van der Waals surface area contributed by atoms with E-state index in [2.05, 4.69) is 15.5 Å². The fourth-order valence-corrected chi connectivity index (χ4v) is 3.77. The Morgan fingerprint density at radius 3 is 2.53 bits per heavy atom. The molecule has 3 aromatic rings. The monoisotopic (exact) mass is 453 g/mol. The Bertz CT molecular complexity index is 1290. The Balaban J connectivity index is 1.90. The van der Waals surface area contributed by atoms with E-state index in [1.165, 1.54) is 46.1 Å². The van der Waals surface area contributed by atoms with Gasteiger partial charge in [0, 0.05) is 11.1 Å². The molecule has 0 aliphatic heterocycles. The minimum absolute atomic E-state index is 0.115. The van der Waals surface area contributed by atoms with Gasteiger partial charge in [0.15, 0.2) is 10.7 Å². The number of carbonyl (C=O) groups is 1. The van der Waals surface area contributed by atoms with Crippen LogP contribution in [0, 0.1) is 0 Å². The van der Waals surface area contributed by atoms with Gasteiger partial charge in [-0.05, 0) is 45.0 Å². The second kappa shape index (κ2) is 7.73. The van der Waals surface area contributed by atoms with Crippen LogP contribution in [-0.4, -0.2) is 45.6 Å². The van der Waals surface area contributed by atoms with Crippen LogP contribution in [0.15, 0.2) is 40.2 Å². The zero-order valence-corrected chi connectivity index (χ0v) is 18.3. The molecule has 30 heavy (non-hydrogen) atoms. The van der Waals surface area contributed by atoms with Gasteiger partial charge in [0.05, 0.1) is 17.5 Å². The lowest BCUT2D eigenvalue weighted by atomic mass is 10.3. The van der Waals surface area contributed by atoms with E-state index >= 15 is 0 Å². The molecule has 0 radical (unpaired) electrons. The summed E-state index contributed by atoms with van der Waals surface area (Å²) in [5, 5.41) is 10.8. The van der Waals surface area contributed by atoms with Crippen molar-refractivity contribution < 1.29 is 17.9 Å². The molecular weight excluding hydrogens is 434 g/mol. The van der Waals surface area contributed by atoms with E-state index in [4.69, 9.17) is 16.3 Å². The van der Waals surface area contributed by atoms with Gasteiger partial charge in [-0.2, -0.15) is 4.52 Å². The SMILES string of the molecule is COc1cc(Cl)ccc1NC(=O)Cn1nc2ccc(S(=O)(=O)C(C)(C)C)nn2c1=O. The summed E-state index contributed by atoms with van der Waals surface area (Å²) >= 11 is 5.90. The number of hydrogen-bond donors (Lipinski definition) is 1. The first-order valence-electron chi connectivity index (χ1n) is 8.79. The third-order valence-electron chi connectivity index (χ3n) is 4.23. The number of sulfone groups is 1. The van der Waals surface area contributed by atoms with Crippen molar-refractivity contribution >= 4 is 38.7 Å². The molecule has 160 valence electrons. The summed E-state index contributed by atoms with van der Waals surface area (Å²) < 4.78 is 31.0. The molecule has 1 amide bonds. The number of fused-ring (bicyclic) bond motifs is 1. The number of nitrogens with zero attached hydrogens (tertiary/aromatic N) is 4. The van der Waals surface area contributed by atoms with Gasteiger partial charge in [0.2, 0.25) is 15.7 Å². The smallest absolute Gasteiger partial charge is 0.367 e. The second-order valence-electron chi connectivity index (χ2n) is 7.39. The molecular formula is C18H20ClN5O5S. The Morgan fingerprint density at radius 1 is 1.20 bits per heavy atom. The molecule has 0 atom stereocenters. The summed E-state index contributed by atoms with van der Waals surface area (Å²) in [6.45, 7) is 4.21. The normalized spacial score (nSPS) is 12.2. The molecule has 1 N–H and O–H groups in total. The highest BCUT2D eigenvalue weighted by atomic mass is 35.5. The highest BCUT2D eigenvalue weighted by Crippen LogP contribution is 2.27. The fraction of sp³-hybridized carbons (Fsp3) is 0.333. The van der Waals surface area contributed by atoms with Crippen LogP contribution in [-0.2, 0) is 21.2 Å². The Kier molecular flexibility index (Phi) is 5.61. The van der Waals surface area contributed by atoms with Crippen molar-refractivity contribution in [3.8, 4) is 5.75 Å². The minimum atomic E-state index is -3.76. The summed E-state index contributed by atoms with van der Waals surface area (Å²) in [5.74, 6) is -0.180. The summed E-state index contributed by atoms with van der Waals surface area (Å²) in [4.78, 5) is 25.0.